The first-order valence-corrected chi connectivity index (χ1v) is 12.7. The van der Waals surface area contributed by atoms with Crippen LogP contribution in [0.15, 0.2) is 65.6 Å². The number of benzene rings is 3. The molecule has 1 atom stereocenters. The molecule has 3 aromatic carbocycles. The van der Waals surface area contributed by atoms with Crippen LogP contribution < -0.4 is 10.2 Å². The molecule has 0 saturated carbocycles. The first-order chi connectivity index (χ1) is 16.6. The molecule has 4 rings (SSSR count). The van der Waals surface area contributed by atoms with Crippen molar-refractivity contribution in [2.75, 3.05) is 29.9 Å². The molecule has 0 radical (unpaired) electrons. The van der Waals surface area contributed by atoms with Gasteiger partial charge in [0.15, 0.2) is 0 Å². The molecule has 1 saturated heterocycles. The first kappa shape index (κ1) is 24.8. The number of hydrogen-bond acceptors (Lipinski definition) is 4. The third kappa shape index (κ3) is 5.21. The van der Waals surface area contributed by atoms with E-state index in [0.29, 0.717) is 12.1 Å². The molecular weight excluding hydrogens is 472 g/mol. The summed E-state index contributed by atoms with van der Waals surface area (Å²) < 4.78 is 56.3. The third-order valence-electron chi connectivity index (χ3n) is 6.21. The number of halogens is 2. The monoisotopic (exact) mass is 499 g/mol. The zero-order chi connectivity index (χ0) is 25.3. The van der Waals surface area contributed by atoms with Gasteiger partial charge < -0.3 is 10.2 Å². The van der Waals surface area contributed by atoms with Crippen molar-refractivity contribution < 1.29 is 22.0 Å². The minimum Gasteiger partial charge on any atom is -0.366 e. The van der Waals surface area contributed by atoms with Crippen LogP contribution in [0.4, 0.5) is 20.2 Å². The quantitative estimate of drug-likeness (QED) is 0.551. The van der Waals surface area contributed by atoms with Gasteiger partial charge in [-0.1, -0.05) is 23.8 Å². The van der Waals surface area contributed by atoms with Crippen LogP contribution in [0.25, 0.3) is 0 Å². The summed E-state index contributed by atoms with van der Waals surface area (Å²) in [4.78, 5) is 14.7. The lowest BCUT2D eigenvalue weighted by atomic mass is 10.1. The number of hydrogen-bond donors (Lipinski definition) is 1. The molecule has 1 heterocycles. The summed E-state index contributed by atoms with van der Waals surface area (Å²) in [5, 5.41) is 2.43. The zero-order valence-corrected chi connectivity index (χ0v) is 20.6. The van der Waals surface area contributed by atoms with Crippen LogP contribution in [0.2, 0.25) is 0 Å². The second kappa shape index (κ2) is 9.75. The van der Waals surface area contributed by atoms with Gasteiger partial charge in [-0.05, 0) is 68.8 Å². The number of amides is 1. The summed E-state index contributed by atoms with van der Waals surface area (Å²) in [5.41, 5.74) is 2.28. The maximum atomic E-state index is 14.5. The SMILES string of the molecule is Cc1ccc(N2CCN(S(=O)(=O)c3ccc(F)c(C(=O)Nc4ccc(C)c(F)c4)c3)CC2C)cc1. The average molecular weight is 500 g/mol. The van der Waals surface area contributed by atoms with Gasteiger partial charge in [0.1, 0.15) is 11.6 Å². The maximum absolute atomic E-state index is 14.5. The van der Waals surface area contributed by atoms with Gasteiger partial charge in [-0.15, -0.1) is 0 Å². The molecule has 6 nitrogen and oxygen atoms in total. The lowest BCUT2D eigenvalue weighted by Gasteiger charge is -2.40. The van der Waals surface area contributed by atoms with E-state index < -0.39 is 33.1 Å². The van der Waals surface area contributed by atoms with Crippen molar-refractivity contribution in [1.82, 2.24) is 4.31 Å². The molecule has 1 aliphatic rings. The Bertz CT molecular complexity index is 1360. The normalized spacial score (nSPS) is 16.8. The van der Waals surface area contributed by atoms with E-state index in [-0.39, 0.29) is 29.7 Å². The fraction of sp³-hybridized carbons (Fsp3) is 0.269. The number of piperazine rings is 1. The topological polar surface area (TPSA) is 69.7 Å². The number of rotatable bonds is 5. The number of anilines is 2. The number of carbonyl (C=O) groups excluding carboxylic acids is 1. The molecule has 0 spiro atoms. The van der Waals surface area contributed by atoms with Gasteiger partial charge in [0.05, 0.1) is 10.5 Å². The van der Waals surface area contributed by atoms with E-state index in [4.69, 9.17) is 0 Å². The van der Waals surface area contributed by atoms with Crippen LogP contribution in [-0.2, 0) is 10.0 Å². The van der Waals surface area contributed by atoms with Crippen LogP contribution in [0.3, 0.4) is 0 Å². The van der Waals surface area contributed by atoms with Crippen molar-refractivity contribution in [3.05, 3.63) is 89.0 Å². The Morgan fingerprint density at radius 3 is 2.31 bits per heavy atom. The van der Waals surface area contributed by atoms with Crippen LogP contribution in [0.5, 0.6) is 0 Å². The van der Waals surface area contributed by atoms with E-state index in [2.05, 4.69) is 10.2 Å². The first-order valence-electron chi connectivity index (χ1n) is 11.3. The molecule has 9 heteroatoms. The van der Waals surface area contributed by atoms with Gasteiger partial charge in [0.2, 0.25) is 10.0 Å². The van der Waals surface area contributed by atoms with Crippen LogP contribution >= 0.6 is 0 Å². The van der Waals surface area contributed by atoms with Gasteiger partial charge in [-0.2, -0.15) is 4.31 Å². The Hall–Kier alpha value is -3.30. The van der Waals surface area contributed by atoms with Gasteiger partial charge in [0, 0.05) is 37.1 Å². The molecule has 1 fully saturated rings. The second-order valence-corrected chi connectivity index (χ2v) is 10.7. The smallest absolute Gasteiger partial charge is 0.258 e. The number of nitrogens with zero attached hydrogens (tertiary/aromatic N) is 2. The van der Waals surface area contributed by atoms with Crippen molar-refractivity contribution in [2.24, 2.45) is 0 Å². The van der Waals surface area contributed by atoms with E-state index in [1.54, 1.807) is 6.92 Å². The highest BCUT2D eigenvalue weighted by atomic mass is 32.2. The molecular formula is C26H27F2N3O3S. The predicted molar refractivity (Wildman–Crippen MR) is 132 cm³/mol. The Balaban J connectivity index is 1.53. The molecule has 3 aromatic rings. The van der Waals surface area contributed by atoms with Crippen molar-refractivity contribution in [3.63, 3.8) is 0 Å². The number of nitrogens with one attached hydrogen (secondary N) is 1. The number of carbonyl (C=O) groups is 1. The van der Waals surface area contributed by atoms with Crippen LogP contribution in [-0.4, -0.2) is 44.3 Å². The summed E-state index contributed by atoms with van der Waals surface area (Å²) in [7, 11) is -3.97. The van der Waals surface area contributed by atoms with Crippen molar-refractivity contribution >= 4 is 27.3 Å². The summed E-state index contributed by atoms with van der Waals surface area (Å²) in [5.74, 6) is -2.24. The predicted octanol–water partition coefficient (Wildman–Crippen LogP) is 4.73. The Morgan fingerprint density at radius 2 is 1.66 bits per heavy atom. The van der Waals surface area contributed by atoms with Crippen LogP contribution in [0.1, 0.15) is 28.4 Å². The molecule has 0 aromatic heterocycles. The molecule has 0 aliphatic carbocycles. The number of aryl methyl sites for hydroxylation is 2. The standard InChI is InChI=1S/C26H27F2N3O3S/c1-17-4-8-21(9-5-17)31-13-12-30(16-19(31)3)35(33,34)22-10-11-24(27)23(15-22)26(32)29-20-7-6-18(2)25(28)14-20/h4-11,14-15,19H,12-13,16H2,1-3H3,(H,29,32). The Kier molecular flexibility index (Phi) is 6.91. The highest BCUT2D eigenvalue weighted by Gasteiger charge is 2.33. The van der Waals surface area contributed by atoms with Gasteiger partial charge >= 0.3 is 0 Å². The lowest BCUT2D eigenvalue weighted by molar-refractivity contribution is 0.102. The van der Waals surface area contributed by atoms with Gasteiger partial charge in [-0.25, -0.2) is 17.2 Å². The summed E-state index contributed by atoms with van der Waals surface area (Å²) >= 11 is 0. The lowest BCUT2D eigenvalue weighted by Crippen LogP contribution is -2.53. The Morgan fingerprint density at radius 1 is 0.943 bits per heavy atom. The maximum Gasteiger partial charge on any atom is 0.258 e. The van der Waals surface area contributed by atoms with E-state index in [1.165, 1.54) is 16.4 Å². The summed E-state index contributed by atoms with van der Waals surface area (Å²) in [6, 6.07) is 15.2. The third-order valence-corrected chi connectivity index (χ3v) is 8.07. The Labute approximate surface area is 204 Å². The molecule has 35 heavy (non-hydrogen) atoms. The van der Waals surface area contributed by atoms with Gasteiger partial charge in [-0.3, -0.25) is 4.79 Å². The molecule has 1 amide bonds. The van der Waals surface area contributed by atoms with Gasteiger partial charge in [0.25, 0.3) is 5.91 Å². The van der Waals surface area contributed by atoms with Crippen molar-refractivity contribution in [3.8, 4) is 0 Å². The van der Waals surface area contributed by atoms with Crippen molar-refractivity contribution in [1.29, 1.82) is 0 Å². The van der Waals surface area contributed by atoms with E-state index in [0.717, 1.165) is 35.5 Å². The minimum absolute atomic E-state index is 0.0825. The second-order valence-electron chi connectivity index (χ2n) is 8.80. The molecule has 1 N–H and O–H groups in total. The zero-order valence-electron chi connectivity index (χ0n) is 19.8. The average Bonchev–Trinajstić information content (AvgIpc) is 2.82. The van der Waals surface area contributed by atoms with E-state index in [9.17, 15) is 22.0 Å². The van der Waals surface area contributed by atoms with E-state index in [1.807, 2.05) is 38.1 Å². The summed E-state index contributed by atoms with van der Waals surface area (Å²) in [6.45, 7) is 6.53. The molecule has 184 valence electrons. The van der Waals surface area contributed by atoms with Crippen LogP contribution in [0, 0.1) is 25.5 Å². The highest BCUT2D eigenvalue weighted by molar-refractivity contribution is 7.89. The molecule has 0 bridgehead atoms. The minimum atomic E-state index is -3.97. The molecule has 1 unspecified atom stereocenters. The number of sulfonamides is 1. The highest BCUT2D eigenvalue weighted by Crippen LogP contribution is 2.26. The summed E-state index contributed by atoms with van der Waals surface area (Å²) in [6.07, 6.45) is 0. The van der Waals surface area contributed by atoms with Crippen molar-refractivity contribution in [2.45, 2.75) is 31.7 Å². The fourth-order valence-corrected chi connectivity index (χ4v) is 5.66. The van der Waals surface area contributed by atoms with E-state index >= 15 is 0 Å². The largest absolute Gasteiger partial charge is 0.366 e. The molecule has 1 aliphatic heterocycles. The fourth-order valence-electron chi connectivity index (χ4n) is 4.12.